The highest BCUT2D eigenvalue weighted by Gasteiger charge is 2.29. The largest absolute Gasteiger partial charge is 0.497 e. The van der Waals surface area contributed by atoms with Gasteiger partial charge in [0.1, 0.15) is 17.3 Å². The maximum absolute atomic E-state index is 5.78. The van der Waals surface area contributed by atoms with E-state index in [0.29, 0.717) is 6.67 Å². The molecule has 1 aromatic heterocycles. The van der Waals surface area contributed by atoms with Gasteiger partial charge in [0.05, 0.1) is 27.4 Å². The molecule has 4 rings (SSSR count). The summed E-state index contributed by atoms with van der Waals surface area (Å²) >= 11 is 5.78. The molecule has 0 amide bonds. The lowest BCUT2D eigenvalue weighted by molar-refractivity contribution is 0.186. The average Bonchev–Trinajstić information content (AvgIpc) is 3.34. The lowest BCUT2D eigenvalue weighted by Gasteiger charge is -2.26. The van der Waals surface area contributed by atoms with Crippen LogP contribution in [0.5, 0.6) is 11.5 Å². The summed E-state index contributed by atoms with van der Waals surface area (Å²) in [6.07, 6.45) is 2.20. The molecule has 0 saturated carbocycles. The van der Waals surface area contributed by atoms with Crippen molar-refractivity contribution in [3.8, 4) is 11.5 Å². The molecule has 1 aliphatic heterocycles. The number of aryl methyl sites for hydroxylation is 1. The highest BCUT2D eigenvalue weighted by molar-refractivity contribution is 7.71. The Morgan fingerprint density at radius 1 is 1.10 bits per heavy atom. The van der Waals surface area contributed by atoms with Crippen LogP contribution in [-0.4, -0.2) is 40.0 Å². The van der Waals surface area contributed by atoms with Crippen molar-refractivity contribution in [3.05, 3.63) is 70.3 Å². The van der Waals surface area contributed by atoms with E-state index < -0.39 is 0 Å². The van der Waals surface area contributed by atoms with Gasteiger partial charge in [-0.3, -0.25) is 9.47 Å². The standard InChI is InChI=1S/C23H28N4O2S/c1-17-24-27(23(30)26(17)15-18-8-5-4-6-9-18)16-25-13-7-10-21(25)20-14-19(28-2)11-12-22(20)29-3/h4-6,8-9,11-12,14,21H,7,10,13,15-16H2,1-3H3. The summed E-state index contributed by atoms with van der Waals surface area (Å²) < 4.78 is 15.9. The highest BCUT2D eigenvalue weighted by atomic mass is 32.1. The van der Waals surface area contributed by atoms with Crippen molar-refractivity contribution in [3.63, 3.8) is 0 Å². The summed E-state index contributed by atoms with van der Waals surface area (Å²) in [5, 5.41) is 4.75. The summed E-state index contributed by atoms with van der Waals surface area (Å²) in [6, 6.07) is 16.6. The smallest absolute Gasteiger partial charge is 0.199 e. The molecule has 1 unspecified atom stereocenters. The number of likely N-dealkylation sites (tertiary alicyclic amines) is 1. The molecular formula is C23H28N4O2S. The molecule has 0 aliphatic carbocycles. The third-order valence-corrected chi connectivity index (χ3v) is 6.20. The van der Waals surface area contributed by atoms with Gasteiger partial charge in [-0.05, 0) is 55.7 Å². The molecule has 2 heterocycles. The summed E-state index contributed by atoms with van der Waals surface area (Å²) in [5.41, 5.74) is 2.37. The lowest BCUT2D eigenvalue weighted by Crippen LogP contribution is -2.27. The van der Waals surface area contributed by atoms with Crippen LogP contribution in [-0.2, 0) is 13.2 Å². The molecule has 1 fully saturated rings. The Morgan fingerprint density at radius 3 is 2.63 bits per heavy atom. The van der Waals surface area contributed by atoms with E-state index in [4.69, 9.17) is 26.8 Å². The highest BCUT2D eigenvalue weighted by Crippen LogP contribution is 2.39. The predicted octanol–water partition coefficient (Wildman–Crippen LogP) is 4.58. The minimum atomic E-state index is 0.247. The van der Waals surface area contributed by atoms with E-state index in [2.05, 4.69) is 39.8 Å². The van der Waals surface area contributed by atoms with Gasteiger partial charge in [0.15, 0.2) is 4.77 Å². The van der Waals surface area contributed by atoms with Gasteiger partial charge < -0.3 is 9.47 Å². The summed E-state index contributed by atoms with van der Waals surface area (Å²) in [4.78, 5) is 2.42. The van der Waals surface area contributed by atoms with Crippen LogP contribution in [0, 0.1) is 11.7 Å². The van der Waals surface area contributed by atoms with Gasteiger partial charge in [-0.15, -0.1) is 0 Å². The van der Waals surface area contributed by atoms with Crippen molar-refractivity contribution in [2.75, 3.05) is 20.8 Å². The van der Waals surface area contributed by atoms with Gasteiger partial charge in [0.2, 0.25) is 0 Å². The average molecular weight is 425 g/mol. The molecule has 2 aromatic carbocycles. The molecule has 30 heavy (non-hydrogen) atoms. The van der Waals surface area contributed by atoms with Crippen LogP contribution in [0.4, 0.5) is 0 Å². The van der Waals surface area contributed by atoms with Crippen molar-refractivity contribution in [2.24, 2.45) is 0 Å². The fourth-order valence-electron chi connectivity index (χ4n) is 4.21. The van der Waals surface area contributed by atoms with Gasteiger partial charge in [-0.25, -0.2) is 4.68 Å². The first-order valence-electron chi connectivity index (χ1n) is 10.2. The zero-order valence-electron chi connectivity index (χ0n) is 17.7. The molecule has 0 bridgehead atoms. The molecule has 0 spiro atoms. The number of rotatable bonds is 7. The Kier molecular flexibility index (Phi) is 6.20. The minimum Gasteiger partial charge on any atom is -0.497 e. The molecule has 1 saturated heterocycles. The summed E-state index contributed by atoms with van der Waals surface area (Å²) in [6.45, 7) is 4.41. The van der Waals surface area contributed by atoms with Gasteiger partial charge in [-0.1, -0.05) is 30.3 Å². The number of aromatic nitrogens is 3. The Labute approximate surface area is 182 Å². The van der Waals surface area contributed by atoms with Crippen LogP contribution in [0.3, 0.4) is 0 Å². The number of benzene rings is 2. The van der Waals surface area contributed by atoms with Crippen LogP contribution in [0.1, 0.15) is 35.8 Å². The van der Waals surface area contributed by atoms with Crippen LogP contribution in [0.15, 0.2) is 48.5 Å². The first kappa shape index (κ1) is 20.6. The van der Waals surface area contributed by atoms with E-state index in [1.54, 1.807) is 14.2 Å². The van der Waals surface area contributed by atoms with Crippen molar-refractivity contribution in [2.45, 2.75) is 39.0 Å². The number of nitrogens with zero attached hydrogens (tertiary/aromatic N) is 4. The molecule has 0 radical (unpaired) electrons. The number of hydrogen-bond acceptors (Lipinski definition) is 5. The quantitative estimate of drug-likeness (QED) is 0.520. The van der Waals surface area contributed by atoms with E-state index in [1.807, 2.05) is 29.8 Å². The van der Waals surface area contributed by atoms with E-state index in [-0.39, 0.29) is 6.04 Å². The topological polar surface area (TPSA) is 44.5 Å². The fourth-order valence-corrected chi connectivity index (χ4v) is 4.50. The maximum Gasteiger partial charge on any atom is 0.199 e. The second kappa shape index (κ2) is 9.02. The van der Waals surface area contributed by atoms with Gasteiger partial charge >= 0.3 is 0 Å². The Morgan fingerprint density at radius 2 is 1.90 bits per heavy atom. The number of hydrogen-bond donors (Lipinski definition) is 0. The Balaban J connectivity index is 1.59. The van der Waals surface area contributed by atoms with E-state index in [1.165, 1.54) is 5.56 Å². The molecule has 1 aliphatic rings. The SMILES string of the molecule is COc1ccc(OC)c(C2CCCN2Cn2nc(C)n(Cc3ccccc3)c2=S)c1. The second-order valence-electron chi connectivity index (χ2n) is 7.62. The molecule has 7 heteroatoms. The molecule has 6 nitrogen and oxygen atoms in total. The predicted molar refractivity (Wildman–Crippen MR) is 120 cm³/mol. The summed E-state index contributed by atoms with van der Waals surface area (Å²) in [7, 11) is 3.41. The fraction of sp³-hybridized carbons (Fsp3) is 0.391. The number of methoxy groups -OCH3 is 2. The second-order valence-corrected chi connectivity index (χ2v) is 7.99. The Hall–Kier alpha value is -2.64. The molecule has 1 atom stereocenters. The van der Waals surface area contributed by atoms with Crippen molar-refractivity contribution < 1.29 is 9.47 Å². The van der Waals surface area contributed by atoms with Crippen LogP contribution in [0.25, 0.3) is 0 Å². The van der Waals surface area contributed by atoms with Crippen LogP contribution < -0.4 is 9.47 Å². The van der Waals surface area contributed by atoms with Gasteiger partial charge in [0, 0.05) is 18.2 Å². The molecular weight excluding hydrogens is 396 g/mol. The third-order valence-electron chi connectivity index (χ3n) is 5.77. The first-order valence-corrected chi connectivity index (χ1v) is 10.7. The molecule has 158 valence electrons. The van der Waals surface area contributed by atoms with E-state index in [0.717, 1.165) is 53.6 Å². The number of ether oxygens (including phenoxy) is 2. The first-order chi connectivity index (χ1) is 14.6. The van der Waals surface area contributed by atoms with Crippen LogP contribution in [0.2, 0.25) is 0 Å². The lowest BCUT2D eigenvalue weighted by atomic mass is 10.0. The van der Waals surface area contributed by atoms with Crippen molar-refractivity contribution in [1.29, 1.82) is 0 Å². The zero-order valence-corrected chi connectivity index (χ0v) is 18.6. The van der Waals surface area contributed by atoms with Crippen molar-refractivity contribution in [1.82, 2.24) is 19.2 Å². The molecule has 3 aromatic rings. The zero-order chi connectivity index (χ0) is 21.1. The third kappa shape index (κ3) is 4.13. The van der Waals surface area contributed by atoms with Gasteiger partial charge in [0.25, 0.3) is 0 Å². The minimum absolute atomic E-state index is 0.247. The summed E-state index contributed by atoms with van der Waals surface area (Å²) in [5.74, 6) is 2.66. The van der Waals surface area contributed by atoms with Gasteiger partial charge in [-0.2, -0.15) is 5.10 Å². The molecule has 0 N–H and O–H groups in total. The Bertz CT molecular complexity index is 1060. The maximum atomic E-state index is 5.78. The van der Waals surface area contributed by atoms with E-state index >= 15 is 0 Å². The normalized spacial score (nSPS) is 16.7. The monoisotopic (exact) mass is 424 g/mol. The van der Waals surface area contributed by atoms with Crippen LogP contribution >= 0.6 is 12.2 Å². The van der Waals surface area contributed by atoms with E-state index in [9.17, 15) is 0 Å². The van der Waals surface area contributed by atoms with Crippen molar-refractivity contribution >= 4 is 12.2 Å².